The van der Waals surface area contributed by atoms with E-state index in [0.29, 0.717) is 11.6 Å². The van der Waals surface area contributed by atoms with E-state index in [1.54, 1.807) is 0 Å². The lowest BCUT2D eigenvalue weighted by atomic mass is 10.4. The summed E-state index contributed by atoms with van der Waals surface area (Å²) in [5.74, 6) is 3.07. The van der Waals surface area contributed by atoms with Gasteiger partial charge >= 0.3 is 0 Å². The van der Waals surface area contributed by atoms with E-state index >= 15 is 0 Å². The number of H-pyrrole nitrogens is 1. The van der Waals surface area contributed by atoms with Crippen LogP contribution in [0, 0.1) is 0 Å². The zero-order valence-electron chi connectivity index (χ0n) is 7.06. The van der Waals surface area contributed by atoms with Crippen LogP contribution in [0.2, 0.25) is 0 Å². The van der Waals surface area contributed by atoms with Crippen molar-refractivity contribution < 1.29 is 9.84 Å². The summed E-state index contributed by atoms with van der Waals surface area (Å²) in [6.07, 6.45) is -0.0182. The van der Waals surface area contributed by atoms with Gasteiger partial charge in [-0.05, 0) is 0 Å². The molecule has 0 aromatic carbocycles. The molecule has 1 aromatic rings. The number of nitrogens with one attached hydrogen (secondary N) is 1. The molecular formula is C7H11N3O2S. The fourth-order valence-corrected chi connectivity index (χ4v) is 2.00. The standard InChI is InChI=1S/C7H11N3O2S/c11-3-6-8-7(10-9-6)5-4-13-2-1-12-5/h5,11H,1-4H2,(H,8,9,10). The maximum absolute atomic E-state index is 8.77. The van der Waals surface area contributed by atoms with Crippen LogP contribution >= 0.6 is 11.8 Å². The van der Waals surface area contributed by atoms with Gasteiger partial charge in [0.2, 0.25) is 0 Å². The van der Waals surface area contributed by atoms with Crippen molar-refractivity contribution in [2.45, 2.75) is 12.7 Å². The average Bonchev–Trinajstić information content (AvgIpc) is 2.67. The molecule has 0 amide bonds. The van der Waals surface area contributed by atoms with Crippen molar-refractivity contribution in [3.8, 4) is 0 Å². The first-order valence-electron chi connectivity index (χ1n) is 4.11. The van der Waals surface area contributed by atoms with Gasteiger partial charge in [0, 0.05) is 11.5 Å². The van der Waals surface area contributed by atoms with Gasteiger partial charge in [-0.3, -0.25) is 5.10 Å². The number of aromatic amines is 1. The summed E-state index contributed by atoms with van der Waals surface area (Å²) < 4.78 is 5.47. The van der Waals surface area contributed by atoms with Gasteiger partial charge in [-0.2, -0.15) is 16.9 Å². The van der Waals surface area contributed by atoms with E-state index in [2.05, 4.69) is 15.2 Å². The molecule has 1 fully saturated rings. The molecular weight excluding hydrogens is 190 g/mol. The third-order valence-corrected chi connectivity index (χ3v) is 2.80. The van der Waals surface area contributed by atoms with Crippen molar-refractivity contribution >= 4 is 11.8 Å². The van der Waals surface area contributed by atoms with Crippen LogP contribution in [0.4, 0.5) is 0 Å². The Bertz CT molecular complexity index is 272. The Labute approximate surface area is 79.9 Å². The van der Waals surface area contributed by atoms with Crippen molar-refractivity contribution in [1.82, 2.24) is 15.2 Å². The highest BCUT2D eigenvalue weighted by atomic mass is 32.2. The smallest absolute Gasteiger partial charge is 0.180 e. The van der Waals surface area contributed by atoms with Crippen molar-refractivity contribution in [1.29, 1.82) is 0 Å². The van der Waals surface area contributed by atoms with Crippen molar-refractivity contribution in [3.63, 3.8) is 0 Å². The van der Waals surface area contributed by atoms with Crippen LogP contribution < -0.4 is 0 Å². The molecule has 0 aliphatic carbocycles. The lowest BCUT2D eigenvalue weighted by molar-refractivity contribution is 0.0696. The predicted molar refractivity (Wildman–Crippen MR) is 48.3 cm³/mol. The van der Waals surface area contributed by atoms with Gasteiger partial charge in [-0.25, -0.2) is 4.98 Å². The van der Waals surface area contributed by atoms with Gasteiger partial charge in [-0.15, -0.1) is 0 Å². The molecule has 13 heavy (non-hydrogen) atoms. The molecule has 0 saturated carbocycles. The molecule has 2 heterocycles. The molecule has 0 spiro atoms. The highest BCUT2D eigenvalue weighted by Crippen LogP contribution is 2.23. The van der Waals surface area contributed by atoms with Crippen LogP contribution in [-0.4, -0.2) is 38.4 Å². The Morgan fingerprint density at radius 2 is 2.62 bits per heavy atom. The van der Waals surface area contributed by atoms with Gasteiger partial charge in [0.25, 0.3) is 0 Å². The van der Waals surface area contributed by atoms with E-state index in [1.165, 1.54) is 0 Å². The maximum Gasteiger partial charge on any atom is 0.180 e. The van der Waals surface area contributed by atoms with E-state index in [1.807, 2.05) is 11.8 Å². The fourth-order valence-electron chi connectivity index (χ4n) is 1.16. The van der Waals surface area contributed by atoms with Crippen molar-refractivity contribution in [2.75, 3.05) is 18.1 Å². The van der Waals surface area contributed by atoms with Crippen LogP contribution in [0.5, 0.6) is 0 Å². The summed E-state index contributed by atoms with van der Waals surface area (Å²) in [6, 6.07) is 0. The number of aliphatic hydroxyl groups is 1. The summed E-state index contributed by atoms with van der Waals surface area (Å²) in [4.78, 5) is 4.10. The van der Waals surface area contributed by atoms with E-state index < -0.39 is 0 Å². The molecule has 1 atom stereocenters. The summed E-state index contributed by atoms with van der Waals surface area (Å²) in [5.41, 5.74) is 0. The SMILES string of the molecule is OCc1nc(C2CSCCO2)n[nH]1. The third kappa shape index (κ3) is 2.01. The Kier molecular flexibility index (Phi) is 2.82. The minimum absolute atomic E-state index is 0.0182. The van der Waals surface area contributed by atoms with Crippen molar-refractivity contribution in [3.05, 3.63) is 11.6 Å². The first-order chi connectivity index (χ1) is 6.40. The van der Waals surface area contributed by atoms with Gasteiger partial charge in [0.05, 0.1) is 6.61 Å². The molecule has 2 N–H and O–H groups in total. The molecule has 1 saturated heterocycles. The minimum Gasteiger partial charge on any atom is -0.388 e. The van der Waals surface area contributed by atoms with Gasteiger partial charge < -0.3 is 9.84 Å². The van der Waals surface area contributed by atoms with E-state index in [4.69, 9.17) is 9.84 Å². The number of aliphatic hydroxyl groups excluding tert-OH is 1. The van der Waals surface area contributed by atoms with E-state index in [0.717, 1.165) is 18.1 Å². The van der Waals surface area contributed by atoms with Gasteiger partial charge in [-0.1, -0.05) is 0 Å². The van der Waals surface area contributed by atoms with E-state index in [-0.39, 0.29) is 12.7 Å². The second kappa shape index (κ2) is 4.08. The molecule has 1 aromatic heterocycles. The molecule has 6 heteroatoms. The summed E-state index contributed by atoms with van der Waals surface area (Å²) in [6.45, 7) is 0.644. The number of hydrogen-bond donors (Lipinski definition) is 2. The second-order valence-electron chi connectivity index (χ2n) is 2.73. The topological polar surface area (TPSA) is 71.0 Å². The minimum atomic E-state index is -0.104. The molecule has 1 aliphatic rings. The predicted octanol–water partition coefficient (Wildman–Crippen LogP) is 0.101. The number of ether oxygens (including phenoxy) is 1. The molecule has 1 unspecified atom stereocenters. The normalized spacial score (nSPS) is 23.3. The summed E-state index contributed by atoms with van der Waals surface area (Å²) in [7, 11) is 0. The largest absolute Gasteiger partial charge is 0.388 e. The summed E-state index contributed by atoms with van der Waals surface area (Å²) >= 11 is 1.83. The van der Waals surface area contributed by atoms with Crippen LogP contribution in [0.3, 0.4) is 0 Å². The van der Waals surface area contributed by atoms with Crippen LogP contribution in [0.15, 0.2) is 0 Å². The highest BCUT2D eigenvalue weighted by molar-refractivity contribution is 7.99. The Morgan fingerprint density at radius 3 is 3.23 bits per heavy atom. The first-order valence-corrected chi connectivity index (χ1v) is 5.27. The second-order valence-corrected chi connectivity index (χ2v) is 3.88. The Morgan fingerprint density at radius 1 is 1.69 bits per heavy atom. The summed E-state index contributed by atoms with van der Waals surface area (Å²) in [5, 5.41) is 15.4. The quantitative estimate of drug-likeness (QED) is 0.710. The van der Waals surface area contributed by atoms with E-state index in [9.17, 15) is 0 Å². The number of rotatable bonds is 2. The van der Waals surface area contributed by atoms with Crippen LogP contribution in [0.25, 0.3) is 0 Å². The number of thioether (sulfide) groups is 1. The molecule has 1 aliphatic heterocycles. The first kappa shape index (κ1) is 8.98. The Hall–Kier alpha value is -0.590. The third-order valence-electron chi connectivity index (χ3n) is 1.80. The average molecular weight is 201 g/mol. The van der Waals surface area contributed by atoms with Crippen LogP contribution in [0.1, 0.15) is 17.8 Å². The molecule has 0 radical (unpaired) electrons. The number of nitrogens with zero attached hydrogens (tertiary/aromatic N) is 2. The zero-order chi connectivity index (χ0) is 9.10. The lowest BCUT2D eigenvalue weighted by Gasteiger charge is -2.19. The lowest BCUT2D eigenvalue weighted by Crippen LogP contribution is -2.16. The molecule has 72 valence electrons. The molecule has 2 rings (SSSR count). The highest BCUT2D eigenvalue weighted by Gasteiger charge is 2.20. The number of hydrogen-bond acceptors (Lipinski definition) is 5. The van der Waals surface area contributed by atoms with Gasteiger partial charge in [0.1, 0.15) is 18.5 Å². The molecule has 5 nitrogen and oxygen atoms in total. The molecule has 0 bridgehead atoms. The van der Waals surface area contributed by atoms with Crippen LogP contribution in [-0.2, 0) is 11.3 Å². The number of aromatic nitrogens is 3. The fraction of sp³-hybridized carbons (Fsp3) is 0.714. The van der Waals surface area contributed by atoms with Gasteiger partial charge in [0.15, 0.2) is 5.82 Å². The monoisotopic (exact) mass is 201 g/mol. The zero-order valence-corrected chi connectivity index (χ0v) is 7.88. The maximum atomic E-state index is 8.77. The Balaban J connectivity index is 2.05. The van der Waals surface area contributed by atoms with Crippen molar-refractivity contribution in [2.24, 2.45) is 0 Å².